The zero-order chi connectivity index (χ0) is 10.9. The molecule has 0 spiro atoms. The van der Waals surface area contributed by atoms with E-state index >= 15 is 0 Å². The van der Waals surface area contributed by atoms with Crippen molar-refractivity contribution in [2.75, 3.05) is 19.8 Å². The van der Waals surface area contributed by atoms with Gasteiger partial charge in [0.2, 0.25) is 0 Å². The van der Waals surface area contributed by atoms with Gasteiger partial charge in [-0.25, -0.2) is 0 Å². The van der Waals surface area contributed by atoms with E-state index in [0.717, 1.165) is 13.0 Å². The second-order valence-electron chi connectivity index (χ2n) is 4.28. The molecule has 3 nitrogen and oxygen atoms in total. The average molecular weight is 203 g/mol. The van der Waals surface area contributed by atoms with Crippen molar-refractivity contribution in [1.29, 1.82) is 0 Å². The fourth-order valence-electron chi connectivity index (χ4n) is 1.16. The van der Waals surface area contributed by atoms with Crippen LogP contribution in [0.3, 0.4) is 0 Å². The van der Waals surface area contributed by atoms with Gasteiger partial charge in [-0.2, -0.15) is 0 Å². The first kappa shape index (κ1) is 13.9. The Morgan fingerprint density at radius 1 is 1.21 bits per heavy atom. The fraction of sp³-hybridized carbons (Fsp3) is 1.00. The van der Waals surface area contributed by atoms with E-state index in [1.54, 1.807) is 6.92 Å². The van der Waals surface area contributed by atoms with Crippen LogP contribution in [0.5, 0.6) is 0 Å². The summed E-state index contributed by atoms with van der Waals surface area (Å²) in [6.07, 6.45) is 6.20. The minimum Gasteiger partial charge on any atom is -0.394 e. The lowest BCUT2D eigenvalue weighted by molar-refractivity contribution is 0.0609. The molecular weight excluding hydrogens is 178 g/mol. The summed E-state index contributed by atoms with van der Waals surface area (Å²) in [5.74, 6) is 0. The van der Waals surface area contributed by atoms with Gasteiger partial charge in [0.25, 0.3) is 0 Å². The highest BCUT2D eigenvalue weighted by Crippen LogP contribution is 2.04. The Labute approximate surface area is 87.6 Å². The first-order valence-corrected chi connectivity index (χ1v) is 5.60. The molecule has 0 aliphatic rings. The molecular formula is C11H25NO2. The predicted molar refractivity (Wildman–Crippen MR) is 59.3 cm³/mol. The second kappa shape index (κ2) is 8.21. The van der Waals surface area contributed by atoms with Crippen LogP contribution in [-0.4, -0.2) is 30.5 Å². The smallest absolute Gasteiger partial charge is 0.0665 e. The first-order valence-electron chi connectivity index (χ1n) is 5.60. The Balaban J connectivity index is 3.13. The SMILES string of the molecule is CCCCCCCOCC(C)(N)CO. The van der Waals surface area contributed by atoms with Gasteiger partial charge in [-0.15, -0.1) is 0 Å². The lowest BCUT2D eigenvalue weighted by Crippen LogP contribution is -2.44. The van der Waals surface area contributed by atoms with E-state index in [9.17, 15) is 0 Å². The summed E-state index contributed by atoms with van der Waals surface area (Å²) in [5, 5.41) is 8.86. The Kier molecular flexibility index (Phi) is 8.14. The van der Waals surface area contributed by atoms with Crippen LogP contribution in [0.2, 0.25) is 0 Å². The molecule has 0 rings (SSSR count). The molecule has 0 saturated heterocycles. The van der Waals surface area contributed by atoms with Crippen molar-refractivity contribution in [2.45, 2.75) is 51.5 Å². The van der Waals surface area contributed by atoms with Crippen LogP contribution in [0.1, 0.15) is 46.0 Å². The molecule has 3 N–H and O–H groups in total. The number of unbranched alkanes of at least 4 members (excludes halogenated alkanes) is 4. The highest BCUT2D eigenvalue weighted by Gasteiger charge is 2.16. The third-order valence-electron chi connectivity index (χ3n) is 2.19. The molecule has 0 fully saturated rings. The van der Waals surface area contributed by atoms with Gasteiger partial charge in [0.1, 0.15) is 0 Å². The maximum atomic E-state index is 8.86. The van der Waals surface area contributed by atoms with Crippen molar-refractivity contribution < 1.29 is 9.84 Å². The number of aliphatic hydroxyl groups excluding tert-OH is 1. The number of ether oxygens (including phenoxy) is 1. The average Bonchev–Trinajstić information content (AvgIpc) is 2.16. The maximum absolute atomic E-state index is 8.86. The number of nitrogens with two attached hydrogens (primary N) is 1. The zero-order valence-corrected chi connectivity index (χ0v) is 9.59. The number of aliphatic hydroxyl groups is 1. The largest absolute Gasteiger partial charge is 0.394 e. The number of hydrogen-bond acceptors (Lipinski definition) is 3. The van der Waals surface area contributed by atoms with Crippen molar-refractivity contribution in [3.05, 3.63) is 0 Å². The van der Waals surface area contributed by atoms with Crippen molar-refractivity contribution in [1.82, 2.24) is 0 Å². The minimum atomic E-state index is -0.580. The van der Waals surface area contributed by atoms with Crippen LogP contribution < -0.4 is 5.73 Å². The molecule has 3 heteroatoms. The van der Waals surface area contributed by atoms with E-state index in [1.165, 1.54) is 25.7 Å². The van der Waals surface area contributed by atoms with Gasteiger partial charge in [-0.05, 0) is 13.3 Å². The van der Waals surface area contributed by atoms with E-state index in [1.807, 2.05) is 0 Å². The summed E-state index contributed by atoms with van der Waals surface area (Å²) in [6.45, 7) is 5.18. The Morgan fingerprint density at radius 3 is 2.43 bits per heavy atom. The molecule has 0 amide bonds. The third-order valence-corrected chi connectivity index (χ3v) is 2.19. The van der Waals surface area contributed by atoms with Crippen molar-refractivity contribution in [3.63, 3.8) is 0 Å². The molecule has 0 saturated carbocycles. The normalized spacial score (nSPS) is 15.4. The lowest BCUT2D eigenvalue weighted by atomic mass is 10.1. The van der Waals surface area contributed by atoms with Crippen LogP contribution >= 0.6 is 0 Å². The molecule has 0 aromatic heterocycles. The van der Waals surface area contributed by atoms with Crippen LogP contribution in [0, 0.1) is 0 Å². The molecule has 0 aliphatic heterocycles. The Bertz CT molecular complexity index is 126. The Morgan fingerprint density at radius 2 is 1.86 bits per heavy atom. The van der Waals surface area contributed by atoms with Gasteiger partial charge in [0, 0.05) is 6.61 Å². The first-order chi connectivity index (χ1) is 6.62. The molecule has 0 heterocycles. The number of hydrogen-bond donors (Lipinski definition) is 2. The molecule has 0 radical (unpaired) electrons. The van der Waals surface area contributed by atoms with Gasteiger partial charge in [0.05, 0.1) is 18.8 Å². The lowest BCUT2D eigenvalue weighted by Gasteiger charge is -2.21. The second-order valence-corrected chi connectivity index (χ2v) is 4.28. The third kappa shape index (κ3) is 8.48. The highest BCUT2D eigenvalue weighted by molar-refractivity contribution is 4.76. The van der Waals surface area contributed by atoms with Gasteiger partial charge >= 0.3 is 0 Å². The summed E-state index contributed by atoms with van der Waals surface area (Å²) >= 11 is 0. The molecule has 1 unspecified atom stereocenters. The quantitative estimate of drug-likeness (QED) is 0.561. The van der Waals surface area contributed by atoms with Crippen molar-refractivity contribution in [2.24, 2.45) is 5.73 Å². The van der Waals surface area contributed by atoms with Crippen LogP contribution in [0.15, 0.2) is 0 Å². The van der Waals surface area contributed by atoms with E-state index < -0.39 is 5.54 Å². The predicted octanol–water partition coefficient (Wildman–Crippen LogP) is 1.68. The van der Waals surface area contributed by atoms with E-state index in [-0.39, 0.29) is 6.61 Å². The molecule has 0 aliphatic carbocycles. The topological polar surface area (TPSA) is 55.5 Å². The van der Waals surface area contributed by atoms with Crippen LogP contribution in [0.4, 0.5) is 0 Å². The van der Waals surface area contributed by atoms with Gasteiger partial charge in [-0.1, -0.05) is 32.6 Å². The molecule has 14 heavy (non-hydrogen) atoms. The standard InChI is InChI=1S/C11H25NO2/c1-3-4-5-6-7-8-14-10-11(2,12)9-13/h13H,3-10,12H2,1-2H3. The molecule has 0 bridgehead atoms. The summed E-state index contributed by atoms with van der Waals surface area (Å²) in [7, 11) is 0. The van der Waals surface area contributed by atoms with E-state index in [0.29, 0.717) is 6.61 Å². The van der Waals surface area contributed by atoms with Crippen LogP contribution in [0.25, 0.3) is 0 Å². The molecule has 1 atom stereocenters. The summed E-state index contributed by atoms with van der Waals surface area (Å²) in [5.41, 5.74) is 5.12. The maximum Gasteiger partial charge on any atom is 0.0665 e. The summed E-state index contributed by atoms with van der Waals surface area (Å²) in [4.78, 5) is 0. The van der Waals surface area contributed by atoms with Gasteiger partial charge in [-0.3, -0.25) is 0 Å². The number of rotatable bonds is 9. The Hall–Kier alpha value is -0.120. The molecule has 0 aromatic rings. The minimum absolute atomic E-state index is 0.0250. The monoisotopic (exact) mass is 203 g/mol. The molecule has 86 valence electrons. The van der Waals surface area contributed by atoms with E-state index in [2.05, 4.69) is 6.92 Å². The highest BCUT2D eigenvalue weighted by atomic mass is 16.5. The summed E-state index contributed by atoms with van der Waals surface area (Å²) in [6, 6.07) is 0. The fourth-order valence-corrected chi connectivity index (χ4v) is 1.16. The van der Waals surface area contributed by atoms with Crippen molar-refractivity contribution >= 4 is 0 Å². The molecule has 0 aromatic carbocycles. The van der Waals surface area contributed by atoms with Crippen molar-refractivity contribution in [3.8, 4) is 0 Å². The van der Waals surface area contributed by atoms with Gasteiger partial charge in [0.15, 0.2) is 0 Å². The van der Waals surface area contributed by atoms with Crippen LogP contribution in [-0.2, 0) is 4.74 Å². The summed E-state index contributed by atoms with van der Waals surface area (Å²) < 4.78 is 5.38. The zero-order valence-electron chi connectivity index (χ0n) is 9.59. The van der Waals surface area contributed by atoms with Gasteiger partial charge < -0.3 is 15.6 Å². The van der Waals surface area contributed by atoms with E-state index in [4.69, 9.17) is 15.6 Å².